The van der Waals surface area contributed by atoms with E-state index in [-0.39, 0.29) is 17.3 Å². The van der Waals surface area contributed by atoms with Crippen LogP contribution in [0.1, 0.15) is 38.8 Å². The molecule has 1 rings (SSSR count). The molecule has 0 saturated heterocycles. The lowest BCUT2D eigenvalue weighted by Gasteiger charge is -2.30. The van der Waals surface area contributed by atoms with Gasteiger partial charge in [0.15, 0.2) is 0 Å². The van der Waals surface area contributed by atoms with Gasteiger partial charge in [0.25, 0.3) is 0 Å². The average molecular weight is 384 g/mol. The second kappa shape index (κ2) is 9.48. The average Bonchev–Trinajstić information content (AvgIpc) is 2.53. The van der Waals surface area contributed by atoms with Gasteiger partial charge in [0, 0.05) is 32.2 Å². The van der Waals surface area contributed by atoms with E-state index in [4.69, 9.17) is 0 Å². The Bertz CT molecular complexity index is 707. The zero-order chi connectivity index (χ0) is 20.1. The lowest BCUT2D eigenvalue weighted by atomic mass is 10.1. The summed E-state index contributed by atoms with van der Waals surface area (Å²) in [5.74, 6) is -0.299. The fourth-order valence-corrected chi connectivity index (χ4v) is 4.05. The SMILES string of the molecule is Cc1ccc(S(=O)(=O)N(C)CC(=O)NCCN(C(C)C)C(C)C)cc1C. The van der Waals surface area contributed by atoms with E-state index in [2.05, 4.69) is 37.9 Å². The molecule has 0 aliphatic heterocycles. The van der Waals surface area contributed by atoms with Crippen LogP contribution < -0.4 is 5.32 Å². The van der Waals surface area contributed by atoms with Crippen LogP contribution in [0.3, 0.4) is 0 Å². The largest absolute Gasteiger partial charge is 0.354 e. The molecule has 0 aliphatic rings. The van der Waals surface area contributed by atoms with E-state index in [0.29, 0.717) is 18.6 Å². The van der Waals surface area contributed by atoms with Crippen molar-refractivity contribution in [1.82, 2.24) is 14.5 Å². The number of hydrogen-bond donors (Lipinski definition) is 1. The molecule has 0 radical (unpaired) electrons. The number of carbonyl (C=O) groups is 1. The molecule has 0 saturated carbocycles. The molecule has 1 N–H and O–H groups in total. The third kappa shape index (κ3) is 6.07. The van der Waals surface area contributed by atoms with Crippen LogP contribution in [0.15, 0.2) is 23.1 Å². The Balaban J connectivity index is 2.64. The zero-order valence-electron chi connectivity index (χ0n) is 17.0. The van der Waals surface area contributed by atoms with E-state index in [9.17, 15) is 13.2 Å². The van der Waals surface area contributed by atoms with Crippen LogP contribution in [0.4, 0.5) is 0 Å². The molecular formula is C19H33N3O3S. The number of hydrogen-bond acceptors (Lipinski definition) is 4. The number of sulfonamides is 1. The Labute approximate surface area is 158 Å². The summed E-state index contributed by atoms with van der Waals surface area (Å²) in [4.78, 5) is 14.6. The van der Waals surface area contributed by atoms with Crippen LogP contribution in [0.25, 0.3) is 0 Å². The molecule has 148 valence electrons. The number of rotatable bonds is 9. The minimum Gasteiger partial charge on any atom is -0.354 e. The van der Waals surface area contributed by atoms with Gasteiger partial charge in [-0.1, -0.05) is 6.07 Å². The van der Waals surface area contributed by atoms with E-state index in [1.807, 2.05) is 13.8 Å². The van der Waals surface area contributed by atoms with Crippen molar-refractivity contribution in [3.8, 4) is 0 Å². The van der Waals surface area contributed by atoms with Crippen molar-refractivity contribution in [2.75, 3.05) is 26.7 Å². The van der Waals surface area contributed by atoms with Crippen molar-refractivity contribution >= 4 is 15.9 Å². The van der Waals surface area contributed by atoms with Gasteiger partial charge in [0.2, 0.25) is 15.9 Å². The quantitative estimate of drug-likeness (QED) is 0.709. The molecule has 1 aromatic carbocycles. The zero-order valence-corrected chi connectivity index (χ0v) is 17.9. The molecular weight excluding hydrogens is 350 g/mol. The van der Waals surface area contributed by atoms with Gasteiger partial charge in [-0.25, -0.2) is 8.42 Å². The lowest BCUT2D eigenvalue weighted by molar-refractivity contribution is -0.121. The highest BCUT2D eigenvalue weighted by Crippen LogP contribution is 2.18. The van der Waals surface area contributed by atoms with E-state index < -0.39 is 10.0 Å². The van der Waals surface area contributed by atoms with Gasteiger partial charge < -0.3 is 5.32 Å². The Hall–Kier alpha value is -1.44. The Kier molecular flexibility index (Phi) is 8.24. The summed E-state index contributed by atoms with van der Waals surface area (Å²) >= 11 is 0. The van der Waals surface area contributed by atoms with Gasteiger partial charge in [-0.3, -0.25) is 9.69 Å². The number of carbonyl (C=O) groups excluding carboxylic acids is 1. The van der Waals surface area contributed by atoms with Crippen molar-refractivity contribution in [1.29, 1.82) is 0 Å². The maximum absolute atomic E-state index is 12.6. The third-order valence-electron chi connectivity index (χ3n) is 4.57. The van der Waals surface area contributed by atoms with Gasteiger partial charge in [0.1, 0.15) is 0 Å². The van der Waals surface area contributed by atoms with E-state index in [1.165, 1.54) is 7.05 Å². The van der Waals surface area contributed by atoms with Crippen LogP contribution in [-0.4, -0.2) is 62.3 Å². The fraction of sp³-hybridized carbons (Fsp3) is 0.632. The molecule has 26 heavy (non-hydrogen) atoms. The minimum absolute atomic E-state index is 0.196. The summed E-state index contributed by atoms with van der Waals surface area (Å²) in [6.07, 6.45) is 0. The molecule has 0 fully saturated rings. The van der Waals surface area contributed by atoms with Crippen molar-refractivity contribution in [2.24, 2.45) is 0 Å². The van der Waals surface area contributed by atoms with Gasteiger partial charge in [0.05, 0.1) is 11.4 Å². The molecule has 7 heteroatoms. The maximum Gasteiger partial charge on any atom is 0.243 e. The van der Waals surface area contributed by atoms with Crippen molar-refractivity contribution < 1.29 is 13.2 Å². The molecule has 1 amide bonds. The standard InChI is InChI=1S/C19H33N3O3S/c1-14(2)22(15(3)4)11-10-20-19(23)13-21(7)26(24,25)18-9-8-16(5)17(6)12-18/h8-9,12,14-15H,10-11,13H2,1-7H3,(H,20,23). The van der Waals surface area contributed by atoms with Crippen LogP contribution in [0, 0.1) is 13.8 Å². The smallest absolute Gasteiger partial charge is 0.243 e. The Morgan fingerprint density at radius 1 is 1.08 bits per heavy atom. The fourth-order valence-electron chi connectivity index (χ4n) is 2.83. The molecule has 0 aliphatic carbocycles. The number of likely N-dealkylation sites (N-methyl/N-ethyl adjacent to an activating group) is 1. The summed E-state index contributed by atoms with van der Waals surface area (Å²) in [7, 11) is -2.25. The molecule has 0 aromatic heterocycles. The van der Waals surface area contributed by atoms with Crippen LogP contribution in [0.2, 0.25) is 0 Å². The summed E-state index contributed by atoms with van der Waals surface area (Å²) in [6.45, 7) is 13.3. The number of aryl methyl sites for hydroxylation is 2. The highest BCUT2D eigenvalue weighted by atomic mass is 32.2. The number of benzene rings is 1. The van der Waals surface area contributed by atoms with Gasteiger partial charge in [-0.05, 0) is 64.8 Å². The predicted molar refractivity (Wildman–Crippen MR) is 106 cm³/mol. The predicted octanol–water partition coefficient (Wildman–Crippen LogP) is 2.16. The van der Waals surface area contributed by atoms with Crippen LogP contribution >= 0.6 is 0 Å². The van der Waals surface area contributed by atoms with E-state index in [0.717, 1.165) is 22.0 Å². The third-order valence-corrected chi connectivity index (χ3v) is 6.37. The lowest BCUT2D eigenvalue weighted by Crippen LogP contribution is -2.44. The van der Waals surface area contributed by atoms with Crippen molar-refractivity contribution in [3.05, 3.63) is 29.3 Å². The highest BCUT2D eigenvalue weighted by molar-refractivity contribution is 7.89. The number of amides is 1. The van der Waals surface area contributed by atoms with Crippen molar-refractivity contribution in [3.63, 3.8) is 0 Å². The minimum atomic E-state index is -3.68. The first-order valence-electron chi connectivity index (χ1n) is 9.02. The summed E-state index contributed by atoms with van der Waals surface area (Å²) in [6, 6.07) is 5.78. The first-order chi connectivity index (χ1) is 12.0. The monoisotopic (exact) mass is 383 g/mol. The number of nitrogens with zero attached hydrogens (tertiary/aromatic N) is 2. The first kappa shape index (κ1) is 22.6. The maximum atomic E-state index is 12.6. The van der Waals surface area contributed by atoms with E-state index in [1.54, 1.807) is 18.2 Å². The molecule has 0 atom stereocenters. The second-order valence-corrected chi connectivity index (χ2v) is 9.33. The Morgan fingerprint density at radius 2 is 1.65 bits per heavy atom. The van der Waals surface area contributed by atoms with Crippen LogP contribution in [0.5, 0.6) is 0 Å². The first-order valence-corrected chi connectivity index (χ1v) is 10.5. The summed E-state index contributed by atoms with van der Waals surface area (Å²) in [5.41, 5.74) is 1.94. The van der Waals surface area contributed by atoms with E-state index >= 15 is 0 Å². The number of nitrogens with one attached hydrogen (secondary N) is 1. The molecule has 0 bridgehead atoms. The molecule has 1 aromatic rings. The molecule has 6 nitrogen and oxygen atoms in total. The molecule has 0 spiro atoms. The summed E-state index contributed by atoms with van der Waals surface area (Å²) in [5, 5.41) is 2.81. The van der Waals surface area contributed by atoms with Gasteiger partial charge in [-0.15, -0.1) is 0 Å². The molecule has 0 unspecified atom stereocenters. The molecule has 0 heterocycles. The van der Waals surface area contributed by atoms with Crippen LogP contribution in [-0.2, 0) is 14.8 Å². The normalized spacial score (nSPS) is 12.4. The Morgan fingerprint density at radius 3 is 2.15 bits per heavy atom. The topological polar surface area (TPSA) is 69.7 Å². The van der Waals surface area contributed by atoms with Crippen molar-refractivity contribution in [2.45, 2.75) is 58.5 Å². The highest BCUT2D eigenvalue weighted by Gasteiger charge is 2.23. The second-order valence-electron chi connectivity index (χ2n) is 7.28. The summed E-state index contributed by atoms with van der Waals surface area (Å²) < 4.78 is 26.4. The van der Waals surface area contributed by atoms with Gasteiger partial charge in [-0.2, -0.15) is 4.31 Å². The van der Waals surface area contributed by atoms with Gasteiger partial charge >= 0.3 is 0 Å².